The van der Waals surface area contributed by atoms with Crippen LogP contribution in [0.2, 0.25) is 0 Å². The first-order chi connectivity index (χ1) is 12.9. The molecular weight excluding hydrogens is 416 g/mol. The number of rotatable bonds is 4. The number of hydrogen-bond acceptors (Lipinski definition) is 5. The molecule has 0 aliphatic heterocycles. The van der Waals surface area contributed by atoms with Crippen LogP contribution in [0.15, 0.2) is 44.7 Å². The molecule has 1 aromatic carbocycles. The minimum absolute atomic E-state index is 0.0748. The van der Waals surface area contributed by atoms with E-state index in [4.69, 9.17) is 5.26 Å². The van der Waals surface area contributed by atoms with Gasteiger partial charge in [-0.25, -0.2) is 9.78 Å². The number of nitriles is 1. The quantitative estimate of drug-likeness (QED) is 0.448. The third kappa shape index (κ3) is 3.17. The summed E-state index contributed by atoms with van der Waals surface area (Å²) in [6.45, 7) is -0.331. The SMILES string of the molecule is Cn1c(=O)c2nc(Br)n(CC(=O)N(CC#N)c3ccccc3)c2n(C)c1=O. The van der Waals surface area contributed by atoms with Gasteiger partial charge in [0, 0.05) is 19.8 Å². The minimum atomic E-state index is -0.545. The monoisotopic (exact) mass is 430 g/mol. The second-order valence-electron chi connectivity index (χ2n) is 5.82. The zero-order chi connectivity index (χ0) is 19.7. The molecule has 1 amide bonds. The highest BCUT2D eigenvalue weighted by Crippen LogP contribution is 2.19. The summed E-state index contributed by atoms with van der Waals surface area (Å²) >= 11 is 3.25. The second kappa shape index (κ2) is 7.20. The van der Waals surface area contributed by atoms with Gasteiger partial charge in [0.1, 0.15) is 13.1 Å². The average Bonchev–Trinajstić information content (AvgIpc) is 2.99. The Hall–Kier alpha value is -3.19. The third-order valence-corrected chi connectivity index (χ3v) is 4.79. The Labute approximate surface area is 161 Å². The van der Waals surface area contributed by atoms with Crippen LogP contribution in [0, 0.1) is 11.3 Å². The average molecular weight is 431 g/mol. The van der Waals surface area contributed by atoms with Crippen molar-refractivity contribution in [1.82, 2.24) is 18.7 Å². The molecule has 138 valence electrons. The minimum Gasteiger partial charge on any atom is -0.297 e. The molecule has 27 heavy (non-hydrogen) atoms. The highest BCUT2D eigenvalue weighted by molar-refractivity contribution is 9.10. The molecule has 0 fully saturated rings. The van der Waals surface area contributed by atoms with Crippen LogP contribution in [0.5, 0.6) is 0 Å². The predicted molar refractivity (Wildman–Crippen MR) is 102 cm³/mol. The summed E-state index contributed by atoms with van der Waals surface area (Å²) in [7, 11) is 2.87. The summed E-state index contributed by atoms with van der Waals surface area (Å²) in [5.74, 6) is -0.379. The number of fused-ring (bicyclic) bond motifs is 1. The van der Waals surface area contributed by atoms with Crippen molar-refractivity contribution in [2.24, 2.45) is 14.1 Å². The van der Waals surface area contributed by atoms with Crippen LogP contribution in [0.3, 0.4) is 0 Å². The van der Waals surface area contributed by atoms with E-state index in [1.807, 2.05) is 12.1 Å². The van der Waals surface area contributed by atoms with E-state index in [1.165, 1.54) is 28.1 Å². The van der Waals surface area contributed by atoms with Crippen LogP contribution in [-0.4, -0.2) is 31.1 Å². The van der Waals surface area contributed by atoms with Gasteiger partial charge in [-0.3, -0.25) is 28.2 Å². The Morgan fingerprint density at radius 1 is 1.22 bits per heavy atom. The molecule has 3 rings (SSSR count). The molecule has 0 aliphatic rings. The van der Waals surface area contributed by atoms with Crippen molar-refractivity contribution < 1.29 is 4.79 Å². The maximum atomic E-state index is 12.9. The fraction of sp³-hybridized carbons (Fsp3) is 0.235. The molecule has 2 heterocycles. The number of para-hydroxylation sites is 1. The fourth-order valence-corrected chi connectivity index (χ4v) is 3.30. The van der Waals surface area contributed by atoms with E-state index >= 15 is 0 Å². The van der Waals surface area contributed by atoms with Crippen molar-refractivity contribution in [2.75, 3.05) is 11.4 Å². The van der Waals surface area contributed by atoms with Crippen LogP contribution in [0.1, 0.15) is 0 Å². The van der Waals surface area contributed by atoms with Crippen molar-refractivity contribution in [2.45, 2.75) is 6.54 Å². The highest BCUT2D eigenvalue weighted by Gasteiger charge is 2.22. The van der Waals surface area contributed by atoms with Gasteiger partial charge in [-0.1, -0.05) is 18.2 Å². The molecule has 0 spiro atoms. The van der Waals surface area contributed by atoms with E-state index in [1.54, 1.807) is 24.3 Å². The van der Waals surface area contributed by atoms with Gasteiger partial charge < -0.3 is 0 Å². The molecule has 0 saturated carbocycles. The summed E-state index contributed by atoms with van der Waals surface area (Å²) in [6.07, 6.45) is 0. The number of aryl methyl sites for hydroxylation is 1. The Kier molecular flexibility index (Phi) is 4.96. The molecule has 0 saturated heterocycles. The van der Waals surface area contributed by atoms with E-state index in [0.29, 0.717) is 5.69 Å². The van der Waals surface area contributed by atoms with Crippen molar-refractivity contribution in [3.8, 4) is 6.07 Å². The van der Waals surface area contributed by atoms with Gasteiger partial charge in [-0.15, -0.1) is 0 Å². The lowest BCUT2D eigenvalue weighted by molar-refractivity contribution is -0.119. The number of anilines is 1. The number of nitrogens with zero attached hydrogens (tertiary/aromatic N) is 6. The summed E-state index contributed by atoms with van der Waals surface area (Å²) < 4.78 is 3.90. The number of aromatic nitrogens is 4. The Morgan fingerprint density at radius 2 is 1.89 bits per heavy atom. The van der Waals surface area contributed by atoms with Gasteiger partial charge in [0.05, 0.1) is 6.07 Å². The molecule has 0 aliphatic carbocycles. The number of amides is 1. The van der Waals surface area contributed by atoms with E-state index in [2.05, 4.69) is 20.9 Å². The maximum Gasteiger partial charge on any atom is 0.332 e. The fourth-order valence-electron chi connectivity index (χ4n) is 2.83. The smallest absolute Gasteiger partial charge is 0.297 e. The number of carbonyl (C=O) groups is 1. The zero-order valence-electron chi connectivity index (χ0n) is 14.6. The molecule has 2 aromatic heterocycles. The van der Waals surface area contributed by atoms with Gasteiger partial charge in [-0.05, 0) is 28.1 Å². The van der Waals surface area contributed by atoms with Crippen molar-refractivity contribution in [3.63, 3.8) is 0 Å². The van der Waals surface area contributed by atoms with E-state index in [-0.39, 0.29) is 34.9 Å². The number of hydrogen-bond donors (Lipinski definition) is 0. The lowest BCUT2D eigenvalue weighted by Crippen LogP contribution is -2.38. The number of benzene rings is 1. The van der Waals surface area contributed by atoms with Gasteiger partial charge >= 0.3 is 5.69 Å². The maximum absolute atomic E-state index is 12.9. The first-order valence-electron chi connectivity index (χ1n) is 7.91. The van der Waals surface area contributed by atoms with Crippen molar-refractivity contribution >= 4 is 38.7 Å². The van der Waals surface area contributed by atoms with E-state index in [9.17, 15) is 14.4 Å². The number of carbonyl (C=O) groups excluding carboxylic acids is 1. The number of imidazole rings is 1. The van der Waals surface area contributed by atoms with Gasteiger partial charge in [0.2, 0.25) is 5.91 Å². The van der Waals surface area contributed by atoms with Crippen LogP contribution < -0.4 is 16.1 Å². The molecule has 0 N–H and O–H groups in total. The normalized spacial score (nSPS) is 10.7. The van der Waals surface area contributed by atoms with Crippen LogP contribution in [-0.2, 0) is 25.4 Å². The van der Waals surface area contributed by atoms with Gasteiger partial charge in [0.15, 0.2) is 15.9 Å². The second-order valence-corrected chi connectivity index (χ2v) is 6.53. The molecular formula is C17H15BrN6O3. The van der Waals surface area contributed by atoms with Crippen LogP contribution >= 0.6 is 15.9 Å². The van der Waals surface area contributed by atoms with Crippen LogP contribution in [0.4, 0.5) is 5.69 Å². The van der Waals surface area contributed by atoms with Gasteiger partial charge in [0.25, 0.3) is 5.56 Å². The van der Waals surface area contributed by atoms with E-state index in [0.717, 1.165) is 4.57 Å². The molecule has 0 atom stereocenters. The lowest BCUT2D eigenvalue weighted by Gasteiger charge is -2.20. The Balaban J connectivity index is 2.10. The molecule has 10 heteroatoms. The van der Waals surface area contributed by atoms with Gasteiger partial charge in [-0.2, -0.15) is 5.26 Å². The summed E-state index contributed by atoms with van der Waals surface area (Å²) in [5.41, 5.74) is -0.184. The summed E-state index contributed by atoms with van der Waals surface area (Å²) in [5, 5.41) is 9.08. The molecule has 0 unspecified atom stereocenters. The third-order valence-electron chi connectivity index (χ3n) is 4.18. The van der Waals surface area contributed by atoms with Crippen molar-refractivity contribution in [1.29, 1.82) is 5.26 Å². The van der Waals surface area contributed by atoms with E-state index < -0.39 is 11.2 Å². The Bertz CT molecular complexity index is 1190. The van der Waals surface area contributed by atoms with Crippen molar-refractivity contribution in [3.05, 3.63) is 55.9 Å². The standard InChI is InChI=1S/C17H15BrN6O3/c1-21-14-13(15(26)22(2)17(21)27)20-16(18)24(14)10-12(25)23(9-8-19)11-6-4-3-5-7-11/h3-7H,9-10H2,1-2H3. The lowest BCUT2D eigenvalue weighted by atomic mass is 10.3. The summed E-state index contributed by atoms with van der Waals surface area (Å²) in [6, 6.07) is 10.8. The highest BCUT2D eigenvalue weighted by atomic mass is 79.9. The summed E-state index contributed by atoms with van der Waals surface area (Å²) in [4.78, 5) is 42.9. The largest absolute Gasteiger partial charge is 0.332 e. The number of halogens is 1. The Morgan fingerprint density at radius 3 is 2.52 bits per heavy atom. The predicted octanol–water partition coefficient (Wildman–Crippen LogP) is 0.753. The first kappa shape index (κ1) is 18.6. The van der Waals surface area contributed by atoms with Crippen LogP contribution in [0.25, 0.3) is 11.2 Å². The first-order valence-corrected chi connectivity index (χ1v) is 8.70. The molecule has 3 aromatic rings. The topological polar surface area (TPSA) is 106 Å². The zero-order valence-corrected chi connectivity index (χ0v) is 16.2. The molecule has 0 radical (unpaired) electrons. The molecule has 9 nitrogen and oxygen atoms in total. The molecule has 0 bridgehead atoms.